The zero-order chi connectivity index (χ0) is 12.3. The van der Waals surface area contributed by atoms with Crippen LogP contribution in [0.3, 0.4) is 0 Å². The molecule has 2 aromatic heterocycles. The van der Waals surface area contributed by atoms with E-state index < -0.39 is 0 Å². The van der Waals surface area contributed by atoms with Crippen LogP contribution in [0.5, 0.6) is 5.88 Å². The lowest BCUT2D eigenvalue weighted by atomic mass is 10.2. The molecule has 0 spiro atoms. The molecule has 0 fully saturated rings. The third kappa shape index (κ3) is 2.59. The maximum absolute atomic E-state index is 11.9. The molecule has 0 unspecified atom stereocenters. The van der Waals surface area contributed by atoms with Crippen molar-refractivity contribution in [3.8, 4) is 5.88 Å². The van der Waals surface area contributed by atoms with Gasteiger partial charge < -0.3 is 4.74 Å². The summed E-state index contributed by atoms with van der Waals surface area (Å²) >= 11 is 1.42. The molecule has 0 bridgehead atoms. The van der Waals surface area contributed by atoms with Crippen LogP contribution in [-0.4, -0.2) is 23.0 Å². The predicted octanol–water partition coefficient (Wildman–Crippen LogP) is 2.11. The highest BCUT2D eigenvalue weighted by Crippen LogP contribution is 2.19. The van der Waals surface area contributed by atoms with Gasteiger partial charge in [-0.15, -0.1) is 11.3 Å². The van der Waals surface area contributed by atoms with E-state index in [0.717, 1.165) is 4.88 Å². The molecule has 17 heavy (non-hydrogen) atoms. The molecule has 88 valence electrons. The summed E-state index contributed by atoms with van der Waals surface area (Å²) in [5, 5.41) is 3.27. The first-order valence-corrected chi connectivity index (χ1v) is 5.75. The highest BCUT2D eigenvalue weighted by atomic mass is 32.1. The van der Waals surface area contributed by atoms with Crippen molar-refractivity contribution in [3.05, 3.63) is 35.0 Å². The van der Waals surface area contributed by atoms with E-state index in [1.54, 1.807) is 24.5 Å². The van der Waals surface area contributed by atoms with E-state index in [1.165, 1.54) is 18.4 Å². The minimum Gasteiger partial charge on any atom is -0.480 e. The minimum absolute atomic E-state index is 0.274. The van der Waals surface area contributed by atoms with Gasteiger partial charge in [0.1, 0.15) is 5.56 Å². The average molecular weight is 249 g/mol. The summed E-state index contributed by atoms with van der Waals surface area (Å²) in [6, 6.07) is 3.34. The number of aromatic nitrogens is 2. The van der Waals surface area contributed by atoms with Gasteiger partial charge in [-0.1, -0.05) is 0 Å². The van der Waals surface area contributed by atoms with E-state index >= 15 is 0 Å². The molecule has 0 atom stereocenters. The summed E-state index contributed by atoms with van der Waals surface area (Å²) in [7, 11) is 1.48. The normalized spacial score (nSPS) is 10.0. The fourth-order valence-electron chi connectivity index (χ4n) is 1.30. The van der Waals surface area contributed by atoms with Crippen LogP contribution in [0.1, 0.15) is 15.2 Å². The van der Waals surface area contributed by atoms with Gasteiger partial charge in [0.25, 0.3) is 5.91 Å². The standard InChI is InChI=1S/C11H11N3O2S/c1-7-6-13-11(17-7)14-9(15)8-4-3-5-12-10(8)16-2/h3-6H,1-2H3,(H,13,14,15). The van der Waals surface area contributed by atoms with Crippen molar-refractivity contribution in [2.45, 2.75) is 6.92 Å². The number of ether oxygens (including phenoxy) is 1. The highest BCUT2D eigenvalue weighted by molar-refractivity contribution is 7.15. The van der Waals surface area contributed by atoms with Crippen LogP contribution in [0, 0.1) is 6.92 Å². The van der Waals surface area contributed by atoms with Gasteiger partial charge in [-0.05, 0) is 19.1 Å². The van der Waals surface area contributed by atoms with Crippen molar-refractivity contribution in [2.75, 3.05) is 12.4 Å². The number of methoxy groups -OCH3 is 1. The van der Waals surface area contributed by atoms with Gasteiger partial charge in [-0.3, -0.25) is 10.1 Å². The number of carbonyl (C=O) groups is 1. The van der Waals surface area contributed by atoms with Gasteiger partial charge in [0.15, 0.2) is 5.13 Å². The molecule has 2 heterocycles. The number of carbonyl (C=O) groups excluding carboxylic acids is 1. The quantitative estimate of drug-likeness (QED) is 0.904. The van der Waals surface area contributed by atoms with Crippen molar-refractivity contribution in [1.29, 1.82) is 0 Å². The number of nitrogens with zero attached hydrogens (tertiary/aromatic N) is 2. The van der Waals surface area contributed by atoms with E-state index in [1.807, 2.05) is 6.92 Å². The summed E-state index contributed by atoms with van der Waals surface area (Å²) < 4.78 is 5.02. The largest absolute Gasteiger partial charge is 0.480 e. The van der Waals surface area contributed by atoms with E-state index in [0.29, 0.717) is 16.6 Å². The molecule has 0 saturated heterocycles. The zero-order valence-electron chi connectivity index (χ0n) is 9.43. The Hall–Kier alpha value is -1.95. The Morgan fingerprint density at radius 1 is 1.47 bits per heavy atom. The Morgan fingerprint density at radius 2 is 2.29 bits per heavy atom. The van der Waals surface area contributed by atoms with Crippen molar-refractivity contribution in [2.24, 2.45) is 0 Å². The Kier molecular flexibility index (Phi) is 3.34. The van der Waals surface area contributed by atoms with Crippen LogP contribution < -0.4 is 10.1 Å². The van der Waals surface area contributed by atoms with E-state index in [2.05, 4.69) is 15.3 Å². The van der Waals surface area contributed by atoms with Gasteiger partial charge in [0.2, 0.25) is 5.88 Å². The fraction of sp³-hybridized carbons (Fsp3) is 0.182. The fourth-order valence-corrected chi connectivity index (χ4v) is 1.96. The van der Waals surface area contributed by atoms with Crippen molar-refractivity contribution in [3.63, 3.8) is 0 Å². The van der Waals surface area contributed by atoms with Crippen LogP contribution in [0.25, 0.3) is 0 Å². The number of rotatable bonds is 3. The van der Waals surface area contributed by atoms with Gasteiger partial charge in [-0.2, -0.15) is 0 Å². The molecule has 0 aliphatic carbocycles. The maximum Gasteiger partial charge on any atom is 0.262 e. The number of anilines is 1. The Labute approximate surface area is 102 Å². The summed E-state index contributed by atoms with van der Waals surface area (Å²) in [6.07, 6.45) is 3.28. The van der Waals surface area contributed by atoms with E-state index in [-0.39, 0.29) is 5.91 Å². The first-order valence-electron chi connectivity index (χ1n) is 4.93. The molecular weight excluding hydrogens is 238 g/mol. The second-order valence-electron chi connectivity index (χ2n) is 3.29. The number of pyridine rings is 1. The third-order valence-corrected chi connectivity index (χ3v) is 2.88. The molecular formula is C11H11N3O2S. The van der Waals surface area contributed by atoms with Gasteiger partial charge in [-0.25, -0.2) is 9.97 Å². The van der Waals surface area contributed by atoms with Crippen molar-refractivity contribution < 1.29 is 9.53 Å². The first-order chi connectivity index (χ1) is 8.20. The maximum atomic E-state index is 11.9. The van der Waals surface area contributed by atoms with E-state index in [4.69, 9.17) is 4.74 Å². The van der Waals surface area contributed by atoms with Crippen molar-refractivity contribution in [1.82, 2.24) is 9.97 Å². The van der Waals surface area contributed by atoms with Crippen LogP contribution in [0.15, 0.2) is 24.5 Å². The Morgan fingerprint density at radius 3 is 2.94 bits per heavy atom. The monoisotopic (exact) mass is 249 g/mol. The number of hydrogen-bond acceptors (Lipinski definition) is 5. The first kappa shape index (κ1) is 11.5. The van der Waals surface area contributed by atoms with Crippen LogP contribution in [0.2, 0.25) is 0 Å². The molecule has 5 nitrogen and oxygen atoms in total. The van der Waals surface area contributed by atoms with Crippen molar-refractivity contribution >= 4 is 22.4 Å². The summed E-state index contributed by atoms with van der Waals surface area (Å²) in [4.78, 5) is 21.0. The molecule has 6 heteroatoms. The molecule has 1 amide bonds. The Bertz CT molecular complexity index is 539. The number of thiazole rings is 1. The summed E-state index contributed by atoms with van der Waals surface area (Å²) in [5.74, 6) is 0.0302. The number of hydrogen-bond donors (Lipinski definition) is 1. The second-order valence-corrected chi connectivity index (χ2v) is 4.53. The topological polar surface area (TPSA) is 64.1 Å². The lowest BCUT2D eigenvalue weighted by Crippen LogP contribution is -2.13. The number of aryl methyl sites for hydroxylation is 1. The zero-order valence-corrected chi connectivity index (χ0v) is 10.2. The van der Waals surface area contributed by atoms with Crippen LogP contribution in [0.4, 0.5) is 5.13 Å². The third-order valence-electron chi connectivity index (χ3n) is 2.05. The second kappa shape index (κ2) is 4.92. The average Bonchev–Trinajstić information content (AvgIpc) is 2.74. The number of nitrogens with one attached hydrogen (secondary N) is 1. The molecule has 2 rings (SSSR count). The summed E-state index contributed by atoms with van der Waals surface area (Å²) in [5.41, 5.74) is 0.392. The van der Waals surface area contributed by atoms with Gasteiger partial charge in [0.05, 0.1) is 7.11 Å². The molecule has 0 aliphatic rings. The predicted molar refractivity (Wildman–Crippen MR) is 65.6 cm³/mol. The number of amides is 1. The van der Waals surface area contributed by atoms with Gasteiger partial charge in [0, 0.05) is 17.3 Å². The minimum atomic E-state index is -0.274. The lowest BCUT2D eigenvalue weighted by Gasteiger charge is -2.05. The molecule has 0 aliphatic heterocycles. The lowest BCUT2D eigenvalue weighted by molar-refractivity contribution is 0.102. The van der Waals surface area contributed by atoms with Crippen LogP contribution >= 0.6 is 11.3 Å². The molecule has 0 radical (unpaired) electrons. The molecule has 0 aromatic carbocycles. The molecule has 2 aromatic rings. The highest BCUT2D eigenvalue weighted by Gasteiger charge is 2.13. The Balaban J connectivity index is 2.20. The molecule has 1 N–H and O–H groups in total. The van der Waals surface area contributed by atoms with Gasteiger partial charge >= 0.3 is 0 Å². The van der Waals surface area contributed by atoms with Crippen LogP contribution in [-0.2, 0) is 0 Å². The SMILES string of the molecule is COc1ncccc1C(=O)Nc1ncc(C)s1. The van der Waals surface area contributed by atoms with E-state index in [9.17, 15) is 4.79 Å². The smallest absolute Gasteiger partial charge is 0.262 e. The summed E-state index contributed by atoms with van der Waals surface area (Å²) in [6.45, 7) is 1.93. The molecule has 0 saturated carbocycles.